The molecule has 2 heterocycles. The standard InChI is InChI=1S/C24H25FN4O4/c1-14-4-6-16(7-5-14)13-33-19-9-8-17(10-18(19)25)21-26-22-20(28(21)3)23(31)27-24(32)29(22)11-15(2)12-30/h4-10,15,30H,11-13H2,1-3H3,(H,27,31,32). The lowest BCUT2D eigenvalue weighted by atomic mass is 10.1. The fraction of sp³-hybridized carbons (Fsp3) is 0.292. The summed E-state index contributed by atoms with van der Waals surface area (Å²) in [5, 5.41) is 9.37. The largest absolute Gasteiger partial charge is 0.486 e. The SMILES string of the molecule is Cc1ccc(COc2ccc(-c3nc4c(c(=O)[nH]c(=O)n4CC(C)CO)n3C)cc2F)cc1. The fourth-order valence-corrected chi connectivity index (χ4v) is 3.65. The summed E-state index contributed by atoms with van der Waals surface area (Å²) in [7, 11) is 1.63. The van der Waals surface area contributed by atoms with E-state index in [2.05, 4.69) is 9.97 Å². The van der Waals surface area contributed by atoms with Crippen LogP contribution in [0.2, 0.25) is 0 Å². The topological polar surface area (TPSA) is 102 Å². The van der Waals surface area contributed by atoms with Crippen molar-refractivity contribution < 1.29 is 14.2 Å². The monoisotopic (exact) mass is 452 g/mol. The molecule has 2 N–H and O–H groups in total. The van der Waals surface area contributed by atoms with Crippen LogP contribution in [-0.2, 0) is 20.2 Å². The number of hydrogen-bond acceptors (Lipinski definition) is 5. The maximum atomic E-state index is 14.8. The van der Waals surface area contributed by atoms with Crippen molar-refractivity contribution in [1.29, 1.82) is 0 Å². The molecule has 0 fully saturated rings. The number of aromatic amines is 1. The van der Waals surface area contributed by atoms with Gasteiger partial charge in [-0.3, -0.25) is 14.3 Å². The minimum Gasteiger partial charge on any atom is -0.486 e. The highest BCUT2D eigenvalue weighted by Crippen LogP contribution is 2.27. The molecule has 172 valence electrons. The van der Waals surface area contributed by atoms with Crippen molar-refractivity contribution >= 4 is 11.2 Å². The molecule has 4 rings (SSSR count). The molecular weight excluding hydrogens is 427 g/mol. The van der Waals surface area contributed by atoms with Gasteiger partial charge in [0.1, 0.15) is 12.4 Å². The normalized spacial score (nSPS) is 12.3. The number of hydrogen-bond donors (Lipinski definition) is 2. The van der Waals surface area contributed by atoms with Gasteiger partial charge < -0.3 is 14.4 Å². The Hall–Kier alpha value is -3.72. The smallest absolute Gasteiger partial charge is 0.330 e. The number of halogens is 1. The van der Waals surface area contributed by atoms with Crippen molar-refractivity contribution in [1.82, 2.24) is 19.1 Å². The van der Waals surface area contributed by atoms with E-state index in [0.29, 0.717) is 11.4 Å². The lowest BCUT2D eigenvalue weighted by Crippen LogP contribution is -2.33. The van der Waals surface area contributed by atoms with Crippen molar-refractivity contribution in [3.05, 3.63) is 80.2 Å². The zero-order valence-electron chi connectivity index (χ0n) is 18.6. The van der Waals surface area contributed by atoms with Crippen LogP contribution in [0.15, 0.2) is 52.1 Å². The lowest BCUT2D eigenvalue weighted by Gasteiger charge is -2.10. The number of H-pyrrole nitrogens is 1. The molecule has 0 bridgehead atoms. The molecule has 2 aromatic heterocycles. The summed E-state index contributed by atoms with van der Waals surface area (Å²) >= 11 is 0. The number of benzene rings is 2. The molecule has 0 aliphatic rings. The first-order valence-electron chi connectivity index (χ1n) is 10.6. The lowest BCUT2D eigenvalue weighted by molar-refractivity contribution is 0.222. The zero-order valence-corrected chi connectivity index (χ0v) is 18.6. The summed E-state index contributed by atoms with van der Waals surface area (Å²) in [6.07, 6.45) is 0. The third kappa shape index (κ3) is 4.45. The second-order valence-corrected chi connectivity index (χ2v) is 8.24. The molecule has 1 atom stereocenters. The minimum atomic E-state index is -0.608. The van der Waals surface area contributed by atoms with Crippen molar-refractivity contribution in [2.45, 2.75) is 27.0 Å². The highest BCUT2D eigenvalue weighted by atomic mass is 19.1. The molecule has 0 aliphatic carbocycles. The number of nitrogens with zero attached hydrogens (tertiary/aromatic N) is 3. The Kier molecular flexibility index (Phi) is 6.15. The van der Waals surface area contributed by atoms with Crippen molar-refractivity contribution in [2.75, 3.05) is 6.61 Å². The van der Waals surface area contributed by atoms with Crippen LogP contribution in [-0.4, -0.2) is 30.8 Å². The number of aliphatic hydroxyl groups is 1. The summed E-state index contributed by atoms with van der Waals surface area (Å²) in [5.41, 5.74) is 1.67. The van der Waals surface area contributed by atoms with E-state index in [9.17, 15) is 19.1 Å². The average molecular weight is 452 g/mol. The van der Waals surface area contributed by atoms with Gasteiger partial charge in [0.05, 0.1) is 0 Å². The van der Waals surface area contributed by atoms with Crippen LogP contribution in [0.4, 0.5) is 4.39 Å². The van der Waals surface area contributed by atoms with Gasteiger partial charge in [0.25, 0.3) is 5.56 Å². The van der Waals surface area contributed by atoms with Gasteiger partial charge in [0.15, 0.2) is 22.7 Å². The van der Waals surface area contributed by atoms with E-state index < -0.39 is 17.1 Å². The second-order valence-electron chi connectivity index (χ2n) is 8.24. The Balaban J connectivity index is 1.69. The first kappa shape index (κ1) is 22.5. The van der Waals surface area contributed by atoms with Crippen LogP contribution in [0.1, 0.15) is 18.1 Å². The van der Waals surface area contributed by atoms with E-state index in [1.807, 2.05) is 31.2 Å². The van der Waals surface area contributed by atoms with Gasteiger partial charge >= 0.3 is 5.69 Å². The van der Waals surface area contributed by atoms with Gasteiger partial charge in [-0.15, -0.1) is 0 Å². The minimum absolute atomic E-state index is 0.101. The van der Waals surface area contributed by atoms with Gasteiger partial charge in [0.2, 0.25) is 0 Å². The van der Waals surface area contributed by atoms with Gasteiger partial charge in [0, 0.05) is 25.8 Å². The Morgan fingerprint density at radius 2 is 1.91 bits per heavy atom. The molecule has 4 aromatic rings. The summed E-state index contributed by atoms with van der Waals surface area (Å²) in [4.78, 5) is 31.6. The zero-order chi connectivity index (χ0) is 23.7. The van der Waals surface area contributed by atoms with Gasteiger partial charge in [-0.05, 0) is 36.6 Å². The second kappa shape index (κ2) is 9.03. The van der Waals surface area contributed by atoms with Crippen LogP contribution in [0.25, 0.3) is 22.6 Å². The molecule has 0 spiro atoms. The molecule has 1 unspecified atom stereocenters. The number of fused-ring (bicyclic) bond motifs is 1. The maximum absolute atomic E-state index is 14.8. The molecule has 0 saturated carbocycles. The molecule has 0 saturated heterocycles. The van der Waals surface area contributed by atoms with Crippen LogP contribution in [0.3, 0.4) is 0 Å². The molecule has 0 amide bonds. The summed E-state index contributed by atoms with van der Waals surface area (Å²) < 4.78 is 23.3. The van der Waals surface area contributed by atoms with Gasteiger partial charge in [-0.2, -0.15) is 0 Å². The third-order valence-corrected chi connectivity index (χ3v) is 5.52. The van der Waals surface area contributed by atoms with Crippen LogP contribution >= 0.6 is 0 Å². The molecule has 0 radical (unpaired) electrons. The molecule has 9 heteroatoms. The first-order valence-corrected chi connectivity index (χ1v) is 10.6. The van der Waals surface area contributed by atoms with Crippen LogP contribution < -0.4 is 16.0 Å². The Labute approximate surface area is 188 Å². The van der Waals surface area contributed by atoms with Gasteiger partial charge in [-0.25, -0.2) is 14.2 Å². The molecule has 33 heavy (non-hydrogen) atoms. The summed E-state index contributed by atoms with van der Waals surface area (Å²) in [6, 6.07) is 12.2. The first-order chi connectivity index (χ1) is 15.8. The van der Waals surface area contributed by atoms with Crippen LogP contribution in [0, 0.1) is 18.7 Å². The number of nitrogens with one attached hydrogen (secondary N) is 1. The predicted molar refractivity (Wildman–Crippen MR) is 123 cm³/mol. The quantitative estimate of drug-likeness (QED) is 0.449. The Morgan fingerprint density at radius 1 is 1.18 bits per heavy atom. The van der Waals surface area contributed by atoms with E-state index in [-0.39, 0.29) is 42.6 Å². The average Bonchev–Trinajstić information content (AvgIpc) is 3.14. The molecular formula is C24H25FN4O4. The predicted octanol–water partition coefficient (Wildman–Crippen LogP) is 2.75. The van der Waals surface area contributed by atoms with E-state index in [1.54, 1.807) is 20.0 Å². The number of rotatable bonds is 7. The molecule has 2 aromatic carbocycles. The Morgan fingerprint density at radius 3 is 2.58 bits per heavy atom. The van der Waals surface area contributed by atoms with Crippen molar-refractivity contribution in [3.8, 4) is 17.1 Å². The third-order valence-electron chi connectivity index (χ3n) is 5.52. The highest BCUT2D eigenvalue weighted by molar-refractivity contribution is 5.77. The number of aliphatic hydroxyl groups excluding tert-OH is 1. The van der Waals surface area contributed by atoms with Crippen molar-refractivity contribution in [2.24, 2.45) is 13.0 Å². The molecule has 0 aliphatic heterocycles. The van der Waals surface area contributed by atoms with Crippen LogP contribution in [0.5, 0.6) is 5.75 Å². The van der Waals surface area contributed by atoms with Crippen molar-refractivity contribution in [3.63, 3.8) is 0 Å². The number of aryl methyl sites for hydroxylation is 2. The van der Waals surface area contributed by atoms with E-state index in [0.717, 1.165) is 11.1 Å². The van der Waals surface area contributed by atoms with E-state index in [1.165, 1.54) is 21.3 Å². The molecule has 8 nitrogen and oxygen atoms in total. The Bertz CT molecular complexity index is 1420. The maximum Gasteiger partial charge on any atom is 0.330 e. The van der Waals surface area contributed by atoms with E-state index in [4.69, 9.17) is 4.74 Å². The summed E-state index contributed by atoms with van der Waals surface area (Å²) in [5.74, 6) is -0.350. The fourth-order valence-electron chi connectivity index (χ4n) is 3.65. The summed E-state index contributed by atoms with van der Waals surface area (Å²) in [6.45, 7) is 4.05. The number of imidazole rings is 1. The number of ether oxygens (including phenoxy) is 1. The number of aromatic nitrogens is 4. The highest BCUT2D eigenvalue weighted by Gasteiger charge is 2.19. The van der Waals surface area contributed by atoms with Gasteiger partial charge in [-0.1, -0.05) is 36.8 Å². The van der Waals surface area contributed by atoms with E-state index >= 15 is 0 Å².